The van der Waals surface area contributed by atoms with Crippen molar-refractivity contribution >= 4 is 16.7 Å². The molecule has 1 atom stereocenters. The van der Waals surface area contributed by atoms with Crippen LogP contribution in [0.25, 0.3) is 0 Å². The molecule has 1 fully saturated rings. The Morgan fingerprint density at radius 2 is 1.56 bits per heavy atom. The number of nitrogens with zero attached hydrogens (tertiary/aromatic N) is 2. The molecule has 0 N–H and O–H groups in total. The van der Waals surface area contributed by atoms with Crippen molar-refractivity contribution in [2.75, 3.05) is 39.0 Å². The first kappa shape index (κ1) is 19.5. The van der Waals surface area contributed by atoms with E-state index in [4.69, 9.17) is 4.74 Å². The summed E-state index contributed by atoms with van der Waals surface area (Å²) in [5.41, 5.74) is 0.881. The number of benzene rings is 2. The molecule has 0 saturated carbocycles. The van der Waals surface area contributed by atoms with Crippen molar-refractivity contribution in [3.05, 3.63) is 59.9 Å². The molecule has 0 bridgehead atoms. The average Bonchev–Trinajstić information content (AvgIpc) is 2.65. The molecule has 2 aromatic rings. The summed E-state index contributed by atoms with van der Waals surface area (Å²) < 4.78 is 30.9. The maximum Gasteiger partial charge on any atom is 0.235 e. The molecule has 27 heavy (non-hydrogen) atoms. The fraction of sp³-hybridized carbons (Fsp3) is 0.350. The van der Waals surface area contributed by atoms with E-state index in [2.05, 4.69) is 4.90 Å². The molecule has 5 nitrogen and oxygen atoms in total. The topological polar surface area (TPSA) is 49.9 Å². The molecule has 1 heterocycles. The SMILES string of the molecule is CN1CCN(C(=O)CS(=O)Cc2ccc(Oc3ccc(F)cc3)cc2)CC1. The van der Waals surface area contributed by atoms with Gasteiger partial charge in [0, 0.05) is 42.7 Å². The van der Waals surface area contributed by atoms with E-state index < -0.39 is 10.8 Å². The van der Waals surface area contributed by atoms with Crippen molar-refractivity contribution in [1.29, 1.82) is 0 Å². The van der Waals surface area contributed by atoms with Crippen LogP contribution in [0.2, 0.25) is 0 Å². The molecular weight excluding hydrogens is 367 g/mol. The summed E-state index contributed by atoms with van der Waals surface area (Å²) in [5.74, 6) is 1.19. The van der Waals surface area contributed by atoms with Gasteiger partial charge in [0.15, 0.2) is 0 Å². The van der Waals surface area contributed by atoms with E-state index in [1.54, 1.807) is 29.2 Å². The Hall–Kier alpha value is -2.25. The molecule has 0 aliphatic carbocycles. The summed E-state index contributed by atoms with van der Waals surface area (Å²) >= 11 is 0. The van der Waals surface area contributed by atoms with Crippen LogP contribution in [-0.2, 0) is 21.3 Å². The number of carbonyl (C=O) groups excluding carboxylic acids is 1. The van der Waals surface area contributed by atoms with E-state index in [0.717, 1.165) is 18.7 Å². The second-order valence-corrected chi connectivity index (χ2v) is 8.07. The van der Waals surface area contributed by atoms with Crippen molar-refractivity contribution in [2.24, 2.45) is 0 Å². The lowest BCUT2D eigenvalue weighted by atomic mass is 10.2. The number of hydrogen-bond acceptors (Lipinski definition) is 4. The largest absolute Gasteiger partial charge is 0.457 e. The highest BCUT2D eigenvalue weighted by Crippen LogP contribution is 2.22. The van der Waals surface area contributed by atoms with Crippen LogP contribution in [0, 0.1) is 5.82 Å². The lowest BCUT2D eigenvalue weighted by molar-refractivity contribution is -0.129. The van der Waals surface area contributed by atoms with E-state index in [1.165, 1.54) is 12.1 Å². The van der Waals surface area contributed by atoms with E-state index in [-0.39, 0.29) is 17.5 Å². The maximum absolute atomic E-state index is 12.9. The second kappa shape index (κ2) is 9.10. The molecule has 0 aromatic heterocycles. The van der Waals surface area contributed by atoms with Crippen LogP contribution in [0.1, 0.15) is 5.56 Å². The standard InChI is InChI=1S/C20H23FN2O3S/c1-22-10-12-23(13-11-22)20(24)15-27(25)14-16-2-6-18(7-3-16)26-19-8-4-17(21)5-9-19/h2-9H,10-15H2,1H3. The molecule has 0 radical (unpaired) electrons. The second-order valence-electron chi connectivity index (χ2n) is 6.61. The molecule has 7 heteroatoms. The summed E-state index contributed by atoms with van der Waals surface area (Å²) in [6.07, 6.45) is 0. The Morgan fingerprint density at radius 1 is 1.00 bits per heavy atom. The van der Waals surface area contributed by atoms with Gasteiger partial charge in [0.2, 0.25) is 5.91 Å². The molecule has 2 aromatic carbocycles. The first-order valence-electron chi connectivity index (χ1n) is 8.83. The number of amides is 1. The summed E-state index contributed by atoms with van der Waals surface area (Å²) in [6.45, 7) is 3.10. The Labute approximate surface area is 161 Å². The van der Waals surface area contributed by atoms with Gasteiger partial charge in [-0.25, -0.2) is 4.39 Å². The van der Waals surface area contributed by atoms with Gasteiger partial charge in [-0.3, -0.25) is 9.00 Å². The predicted molar refractivity (Wildman–Crippen MR) is 104 cm³/mol. The van der Waals surface area contributed by atoms with Crippen LogP contribution in [-0.4, -0.2) is 58.9 Å². The fourth-order valence-corrected chi connectivity index (χ4v) is 3.94. The molecule has 144 valence electrons. The number of rotatable bonds is 6. The van der Waals surface area contributed by atoms with Crippen LogP contribution >= 0.6 is 0 Å². The summed E-state index contributed by atoms with van der Waals surface area (Å²) in [5, 5.41) is 0. The van der Waals surface area contributed by atoms with Gasteiger partial charge in [-0.15, -0.1) is 0 Å². The van der Waals surface area contributed by atoms with Gasteiger partial charge in [-0.2, -0.15) is 0 Å². The average molecular weight is 390 g/mol. The third-order valence-electron chi connectivity index (χ3n) is 4.44. The Kier molecular flexibility index (Phi) is 6.58. The number of piperazine rings is 1. The first-order valence-corrected chi connectivity index (χ1v) is 10.3. The molecule has 3 rings (SSSR count). The van der Waals surface area contributed by atoms with Gasteiger partial charge in [0.25, 0.3) is 0 Å². The number of hydrogen-bond donors (Lipinski definition) is 0. The zero-order valence-electron chi connectivity index (χ0n) is 15.3. The minimum absolute atomic E-state index is 0.0438. The summed E-state index contributed by atoms with van der Waals surface area (Å²) in [6, 6.07) is 13.0. The smallest absolute Gasteiger partial charge is 0.235 e. The highest BCUT2D eigenvalue weighted by Gasteiger charge is 2.20. The molecule has 1 aliphatic rings. The third-order valence-corrected chi connectivity index (χ3v) is 5.67. The molecule has 0 spiro atoms. The van der Waals surface area contributed by atoms with Crippen LogP contribution in [0.15, 0.2) is 48.5 Å². The molecular formula is C20H23FN2O3S. The van der Waals surface area contributed by atoms with Gasteiger partial charge in [-0.05, 0) is 49.0 Å². The van der Waals surface area contributed by atoms with Gasteiger partial charge < -0.3 is 14.5 Å². The van der Waals surface area contributed by atoms with Gasteiger partial charge in [0.05, 0.1) is 0 Å². The highest BCUT2D eigenvalue weighted by molar-refractivity contribution is 7.84. The lowest BCUT2D eigenvalue weighted by Crippen LogP contribution is -2.48. The maximum atomic E-state index is 12.9. The van der Waals surface area contributed by atoms with Crippen LogP contribution in [0.4, 0.5) is 4.39 Å². The van der Waals surface area contributed by atoms with Gasteiger partial charge in [-0.1, -0.05) is 12.1 Å². The number of carbonyl (C=O) groups is 1. The molecule has 1 amide bonds. The predicted octanol–water partition coefficient (Wildman–Crippen LogP) is 2.64. The van der Waals surface area contributed by atoms with Gasteiger partial charge >= 0.3 is 0 Å². The first-order chi connectivity index (χ1) is 13.0. The fourth-order valence-electron chi connectivity index (χ4n) is 2.81. The summed E-state index contributed by atoms with van der Waals surface area (Å²) in [4.78, 5) is 16.2. The number of likely N-dealkylation sites (N-methyl/N-ethyl adjacent to an activating group) is 1. The van der Waals surface area contributed by atoms with E-state index >= 15 is 0 Å². The molecule has 1 aliphatic heterocycles. The van der Waals surface area contributed by atoms with Crippen LogP contribution in [0.5, 0.6) is 11.5 Å². The quantitative estimate of drug-likeness (QED) is 0.761. The number of ether oxygens (including phenoxy) is 1. The Bertz CT molecular complexity index is 788. The van der Waals surface area contributed by atoms with Crippen LogP contribution < -0.4 is 4.74 Å². The van der Waals surface area contributed by atoms with Crippen molar-refractivity contribution in [1.82, 2.24) is 9.80 Å². The monoisotopic (exact) mass is 390 g/mol. The minimum Gasteiger partial charge on any atom is -0.457 e. The van der Waals surface area contributed by atoms with E-state index in [0.29, 0.717) is 30.3 Å². The molecule has 1 unspecified atom stereocenters. The normalized spacial score (nSPS) is 16.1. The number of halogens is 1. The Balaban J connectivity index is 1.49. The highest BCUT2D eigenvalue weighted by atomic mass is 32.2. The van der Waals surface area contributed by atoms with E-state index in [1.807, 2.05) is 19.2 Å². The minimum atomic E-state index is -1.25. The third kappa shape index (κ3) is 5.87. The van der Waals surface area contributed by atoms with Crippen molar-refractivity contribution in [3.8, 4) is 11.5 Å². The van der Waals surface area contributed by atoms with Gasteiger partial charge in [0.1, 0.15) is 23.1 Å². The molecule has 1 saturated heterocycles. The zero-order chi connectivity index (χ0) is 19.2. The van der Waals surface area contributed by atoms with Crippen molar-refractivity contribution in [2.45, 2.75) is 5.75 Å². The summed E-state index contributed by atoms with van der Waals surface area (Å²) in [7, 11) is 0.785. The zero-order valence-corrected chi connectivity index (χ0v) is 16.1. The van der Waals surface area contributed by atoms with Crippen molar-refractivity contribution in [3.63, 3.8) is 0 Å². The van der Waals surface area contributed by atoms with Crippen LogP contribution in [0.3, 0.4) is 0 Å². The Morgan fingerprint density at radius 3 is 2.15 bits per heavy atom. The lowest BCUT2D eigenvalue weighted by Gasteiger charge is -2.32. The van der Waals surface area contributed by atoms with E-state index in [9.17, 15) is 13.4 Å². The van der Waals surface area contributed by atoms with Crippen molar-refractivity contribution < 1.29 is 18.1 Å².